The Morgan fingerprint density at radius 1 is 1.60 bits per heavy atom. The van der Waals surface area contributed by atoms with Crippen LogP contribution in [0.25, 0.3) is 0 Å². The molecule has 2 unspecified atom stereocenters. The zero-order valence-corrected chi connectivity index (χ0v) is 9.95. The van der Waals surface area contributed by atoms with Crippen LogP contribution >= 0.6 is 0 Å². The monoisotopic (exact) mass is 214 g/mol. The zero-order chi connectivity index (χ0) is 11.9. The number of esters is 1. The van der Waals surface area contributed by atoms with E-state index < -0.39 is 17.5 Å². The van der Waals surface area contributed by atoms with Gasteiger partial charge >= 0.3 is 5.97 Å². The number of carbonyl (C=O) groups is 1. The lowest BCUT2D eigenvalue weighted by Crippen LogP contribution is -2.39. The van der Waals surface area contributed by atoms with E-state index in [0.29, 0.717) is 6.42 Å². The quantitative estimate of drug-likeness (QED) is 0.402. The second kappa shape index (κ2) is 6.62. The summed E-state index contributed by atoms with van der Waals surface area (Å²) in [4.78, 5) is 11.4. The molecule has 0 spiro atoms. The Hall–Kier alpha value is -0.830. The van der Waals surface area contributed by atoms with E-state index in [-0.39, 0.29) is 0 Å². The fourth-order valence-electron chi connectivity index (χ4n) is 1.62. The van der Waals surface area contributed by atoms with Crippen molar-refractivity contribution < 1.29 is 14.6 Å². The topological polar surface area (TPSA) is 46.5 Å². The highest BCUT2D eigenvalue weighted by Crippen LogP contribution is 2.25. The van der Waals surface area contributed by atoms with Crippen molar-refractivity contribution in [1.29, 1.82) is 0 Å². The van der Waals surface area contributed by atoms with Gasteiger partial charge in [0.25, 0.3) is 0 Å². The van der Waals surface area contributed by atoms with Crippen LogP contribution < -0.4 is 0 Å². The van der Waals surface area contributed by atoms with Crippen molar-refractivity contribution in [3.05, 3.63) is 12.7 Å². The number of hydrogen-bond acceptors (Lipinski definition) is 3. The number of unbranched alkanes of at least 4 members (excludes halogenated alkanes) is 2. The van der Waals surface area contributed by atoms with Crippen LogP contribution in [0.15, 0.2) is 12.7 Å². The number of aliphatic hydroxyl groups is 1. The van der Waals surface area contributed by atoms with Crippen molar-refractivity contribution in [1.82, 2.24) is 0 Å². The summed E-state index contributed by atoms with van der Waals surface area (Å²) in [6, 6.07) is 0. The predicted octanol–water partition coefficient (Wildman–Crippen LogP) is 2.29. The third-order valence-corrected chi connectivity index (χ3v) is 2.65. The van der Waals surface area contributed by atoms with E-state index in [1.165, 1.54) is 13.2 Å². The van der Waals surface area contributed by atoms with Crippen molar-refractivity contribution in [2.24, 2.45) is 5.92 Å². The Bertz CT molecular complexity index is 209. The molecule has 0 aliphatic carbocycles. The SMILES string of the molecule is C=CC(C(=O)OC)C(C)(O)CCCCC. The minimum Gasteiger partial charge on any atom is -0.468 e. The Morgan fingerprint density at radius 2 is 2.20 bits per heavy atom. The van der Waals surface area contributed by atoms with Crippen LogP contribution in [0.1, 0.15) is 39.5 Å². The van der Waals surface area contributed by atoms with Crippen molar-refractivity contribution in [2.75, 3.05) is 7.11 Å². The summed E-state index contributed by atoms with van der Waals surface area (Å²) in [5, 5.41) is 10.1. The Kier molecular flexibility index (Phi) is 6.25. The van der Waals surface area contributed by atoms with E-state index >= 15 is 0 Å². The van der Waals surface area contributed by atoms with Gasteiger partial charge in [-0.15, -0.1) is 6.58 Å². The average molecular weight is 214 g/mol. The Balaban J connectivity index is 4.37. The number of carbonyl (C=O) groups excluding carboxylic acids is 1. The molecule has 0 heterocycles. The molecule has 0 aliphatic rings. The van der Waals surface area contributed by atoms with E-state index in [0.717, 1.165) is 19.3 Å². The second-order valence-corrected chi connectivity index (χ2v) is 4.05. The van der Waals surface area contributed by atoms with Crippen molar-refractivity contribution in [3.63, 3.8) is 0 Å². The molecule has 0 aromatic carbocycles. The minimum absolute atomic E-state index is 0.425. The van der Waals surface area contributed by atoms with E-state index in [1.807, 2.05) is 0 Å². The van der Waals surface area contributed by atoms with E-state index in [4.69, 9.17) is 0 Å². The molecule has 3 nitrogen and oxygen atoms in total. The average Bonchev–Trinajstić information content (AvgIpc) is 2.18. The lowest BCUT2D eigenvalue weighted by molar-refractivity contribution is -0.151. The normalized spacial score (nSPS) is 16.5. The fraction of sp³-hybridized carbons (Fsp3) is 0.750. The summed E-state index contributed by atoms with van der Waals surface area (Å²) in [6.07, 6.45) is 5.10. The number of rotatable bonds is 7. The molecule has 0 radical (unpaired) electrons. The van der Waals surface area contributed by atoms with Crippen LogP contribution in [0.5, 0.6) is 0 Å². The molecule has 15 heavy (non-hydrogen) atoms. The third kappa shape index (κ3) is 4.47. The summed E-state index contributed by atoms with van der Waals surface area (Å²) in [5.74, 6) is -1.06. The van der Waals surface area contributed by atoms with Gasteiger partial charge in [-0.05, 0) is 13.3 Å². The largest absolute Gasteiger partial charge is 0.468 e. The van der Waals surface area contributed by atoms with Gasteiger partial charge in [-0.2, -0.15) is 0 Å². The molecule has 1 N–H and O–H groups in total. The van der Waals surface area contributed by atoms with Crippen molar-refractivity contribution >= 4 is 5.97 Å². The minimum atomic E-state index is -1.05. The summed E-state index contributed by atoms with van der Waals surface area (Å²) in [6.45, 7) is 7.32. The Labute approximate surface area is 92.1 Å². The van der Waals surface area contributed by atoms with Gasteiger partial charge in [0.15, 0.2) is 0 Å². The molecule has 3 heteroatoms. The van der Waals surface area contributed by atoms with Crippen LogP contribution in [0.4, 0.5) is 0 Å². The first-order valence-corrected chi connectivity index (χ1v) is 5.42. The lowest BCUT2D eigenvalue weighted by Gasteiger charge is -2.28. The smallest absolute Gasteiger partial charge is 0.315 e. The third-order valence-electron chi connectivity index (χ3n) is 2.65. The zero-order valence-electron chi connectivity index (χ0n) is 9.95. The van der Waals surface area contributed by atoms with Gasteiger partial charge in [0.2, 0.25) is 0 Å². The maximum absolute atomic E-state index is 11.4. The molecule has 88 valence electrons. The fourth-order valence-corrected chi connectivity index (χ4v) is 1.62. The van der Waals surface area contributed by atoms with E-state index in [2.05, 4.69) is 18.2 Å². The molecule has 0 amide bonds. The van der Waals surface area contributed by atoms with E-state index in [1.54, 1.807) is 6.92 Å². The number of ether oxygens (including phenoxy) is 1. The molecule has 0 saturated heterocycles. The summed E-state index contributed by atoms with van der Waals surface area (Å²) < 4.78 is 4.63. The molecule has 0 saturated carbocycles. The molecule has 0 aromatic rings. The van der Waals surface area contributed by atoms with Gasteiger partial charge < -0.3 is 9.84 Å². The molecule has 0 aliphatic heterocycles. The second-order valence-electron chi connectivity index (χ2n) is 4.05. The molecule has 0 fully saturated rings. The van der Waals surface area contributed by atoms with Gasteiger partial charge in [0.05, 0.1) is 12.7 Å². The summed E-state index contributed by atoms with van der Waals surface area (Å²) >= 11 is 0. The Morgan fingerprint density at radius 3 is 2.60 bits per heavy atom. The van der Waals surface area contributed by atoms with Gasteiger partial charge in [0.1, 0.15) is 5.92 Å². The predicted molar refractivity (Wildman–Crippen MR) is 60.5 cm³/mol. The molecular weight excluding hydrogens is 192 g/mol. The molecule has 0 bridgehead atoms. The molecule has 0 aromatic heterocycles. The first-order chi connectivity index (χ1) is 6.99. The van der Waals surface area contributed by atoms with Crippen LogP contribution in [0.3, 0.4) is 0 Å². The van der Waals surface area contributed by atoms with Gasteiger partial charge in [0, 0.05) is 0 Å². The number of methoxy groups -OCH3 is 1. The lowest BCUT2D eigenvalue weighted by atomic mass is 9.84. The van der Waals surface area contributed by atoms with Crippen LogP contribution in [-0.2, 0) is 9.53 Å². The summed E-state index contributed by atoms with van der Waals surface area (Å²) in [5.41, 5.74) is -1.05. The highest BCUT2D eigenvalue weighted by Gasteiger charge is 2.35. The van der Waals surface area contributed by atoms with Gasteiger partial charge in [-0.3, -0.25) is 4.79 Å². The van der Waals surface area contributed by atoms with Crippen LogP contribution in [0.2, 0.25) is 0 Å². The molecular formula is C12H22O3. The van der Waals surface area contributed by atoms with Crippen molar-refractivity contribution in [3.8, 4) is 0 Å². The number of hydrogen-bond donors (Lipinski definition) is 1. The first-order valence-electron chi connectivity index (χ1n) is 5.42. The highest BCUT2D eigenvalue weighted by atomic mass is 16.5. The summed E-state index contributed by atoms with van der Waals surface area (Å²) in [7, 11) is 1.32. The standard InChI is InChI=1S/C12H22O3/c1-5-7-8-9-12(3,14)10(6-2)11(13)15-4/h6,10,14H,2,5,7-9H2,1,3-4H3. The molecule has 2 atom stereocenters. The molecule has 0 rings (SSSR count). The van der Waals surface area contributed by atoms with Gasteiger partial charge in [-0.25, -0.2) is 0 Å². The van der Waals surface area contributed by atoms with Gasteiger partial charge in [-0.1, -0.05) is 32.3 Å². The first kappa shape index (κ1) is 14.2. The van der Waals surface area contributed by atoms with Crippen LogP contribution in [-0.4, -0.2) is 23.8 Å². The maximum atomic E-state index is 11.4. The van der Waals surface area contributed by atoms with E-state index in [9.17, 15) is 9.90 Å². The highest BCUT2D eigenvalue weighted by molar-refractivity contribution is 5.75. The maximum Gasteiger partial charge on any atom is 0.315 e. The van der Waals surface area contributed by atoms with Crippen LogP contribution in [0, 0.1) is 5.92 Å². The van der Waals surface area contributed by atoms with Crippen molar-refractivity contribution in [2.45, 2.75) is 45.1 Å².